The van der Waals surface area contributed by atoms with Gasteiger partial charge in [-0.15, -0.1) is 0 Å². The normalized spacial score (nSPS) is 15.2. The first-order chi connectivity index (χ1) is 13.1. The summed E-state index contributed by atoms with van der Waals surface area (Å²) in [6.07, 6.45) is 7.22. The molecule has 0 aliphatic heterocycles. The molecule has 0 unspecified atom stereocenters. The Bertz CT molecular complexity index is 804. The van der Waals surface area contributed by atoms with Gasteiger partial charge in [0.15, 0.2) is 0 Å². The Hall–Kier alpha value is -2.88. The summed E-state index contributed by atoms with van der Waals surface area (Å²) in [6, 6.07) is 17.0. The van der Waals surface area contributed by atoms with E-state index in [0.717, 1.165) is 36.8 Å². The first kappa shape index (κ1) is 18.9. The van der Waals surface area contributed by atoms with E-state index in [1.807, 2.05) is 49.4 Å². The zero-order valence-corrected chi connectivity index (χ0v) is 15.7. The maximum atomic E-state index is 12.8. The van der Waals surface area contributed by atoms with Crippen LogP contribution < -0.4 is 10.6 Å². The molecule has 27 heavy (non-hydrogen) atoms. The fourth-order valence-electron chi connectivity index (χ4n) is 3.28. The van der Waals surface area contributed by atoms with Crippen molar-refractivity contribution in [2.45, 2.75) is 45.1 Å². The van der Waals surface area contributed by atoms with Crippen molar-refractivity contribution in [1.82, 2.24) is 10.6 Å². The lowest BCUT2D eigenvalue weighted by Crippen LogP contribution is -2.41. The van der Waals surface area contributed by atoms with Crippen molar-refractivity contribution in [2.75, 3.05) is 0 Å². The molecular formula is C23H26N2O2. The van der Waals surface area contributed by atoms with Crippen LogP contribution in [0, 0.1) is 6.92 Å². The minimum atomic E-state index is -0.282. The van der Waals surface area contributed by atoms with Crippen molar-refractivity contribution in [1.29, 1.82) is 0 Å². The van der Waals surface area contributed by atoms with Crippen LogP contribution in [-0.2, 0) is 4.79 Å². The van der Waals surface area contributed by atoms with Crippen LogP contribution in [0.3, 0.4) is 0 Å². The van der Waals surface area contributed by atoms with Crippen molar-refractivity contribution in [3.05, 3.63) is 77.0 Å². The summed E-state index contributed by atoms with van der Waals surface area (Å²) in [7, 11) is 0. The highest BCUT2D eigenvalue weighted by molar-refractivity contribution is 6.05. The third-order valence-corrected chi connectivity index (χ3v) is 4.86. The molecule has 2 aromatic rings. The second-order valence-electron chi connectivity index (χ2n) is 7.10. The minimum absolute atomic E-state index is 0.182. The van der Waals surface area contributed by atoms with Gasteiger partial charge in [0.2, 0.25) is 0 Å². The molecule has 0 heterocycles. The molecule has 2 N–H and O–H groups in total. The Kier molecular flexibility index (Phi) is 6.42. The number of nitrogens with one attached hydrogen (secondary N) is 2. The minimum Gasteiger partial charge on any atom is -0.348 e. The van der Waals surface area contributed by atoms with Crippen molar-refractivity contribution in [3.8, 4) is 0 Å². The quantitative estimate of drug-likeness (QED) is 0.783. The molecule has 1 aliphatic rings. The summed E-state index contributed by atoms with van der Waals surface area (Å²) in [5, 5.41) is 5.88. The lowest BCUT2D eigenvalue weighted by molar-refractivity contribution is -0.118. The molecule has 2 amide bonds. The average molecular weight is 362 g/mol. The van der Waals surface area contributed by atoms with Crippen LogP contribution >= 0.6 is 0 Å². The van der Waals surface area contributed by atoms with Gasteiger partial charge in [-0.3, -0.25) is 9.59 Å². The Balaban J connectivity index is 1.78. The van der Waals surface area contributed by atoms with Crippen LogP contribution in [0.1, 0.15) is 53.6 Å². The van der Waals surface area contributed by atoms with Crippen molar-refractivity contribution < 1.29 is 9.59 Å². The lowest BCUT2D eigenvalue weighted by atomic mass is 9.95. The van der Waals surface area contributed by atoms with E-state index in [-0.39, 0.29) is 23.6 Å². The van der Waals surface area contributed by atoms with Gasteiger partial charge in [0.05, 0.1) is 0 Å². The summed E-state index contributed by atoms with van der Waals surface area (Å²) < 4.78 is 0. The van der Waals surface area contributed by atoms with Gasteiger partial charge < -0.3 is 10.6 Å². The average Bonchev–Trinajstić information content (AvgIpc) is 2.69. The van der Waals surface area contributed by atoms with Crippen molar-refractivity contribution in [3.63, 3.8) is 0 Å². The molecular weight excluding hydrogens is 336 g/mol. The summed E-state index contributed by atoms with van der Waals surface area (Å²) in [5.41, 5.74) is 2.76. The standard InChI is InChI=1S/C23H26N2O2/c1-17-12-14-19(15-13-17)22(26)25-21(16-18-8-4-2-5-9-18)23(27)24-20-10-6-3-7-11-20/h2,4-5,8-9,12-16,20H,3,6-7,10-11H2,1H3,(H,24,27)(H,25,26)/b21-16-. The number of rotatable bonds is 5. The molecule has 0 bridgehead atoms. The first-order valence-corrected chi connectivity index (χ1v) is 9.57. The molecule has 0 spiro atoms. The molecule has 0 saturated heterocycles. The summed E-state index contributed by atoms with van der Waals surface area (Å²) in [5.74, 6) is -0.512. The zero-order chi connectivity index (χ0) is 19.1. The number of hydrogen-bond donors (Lipinski definition) is 2. The number of hydrogen-bond acceptors (Lipinski definition) is 2. The second-order valence-corrected chi connectivity index (χ2v) is 7.10. The van der Waals surface area contributed by atoms with Gasteiger partial charge in [0, 0.05) is 11.6 Å². The maximum Gasteiger partial charge on any atom is 0.268 e. The van der Waals surface area contributed by atoms with E-state index in [4.69, 9.17) is 0 Å². The van der Waals surface area contributed by atoms with E-state index >= 15 is 0 Å². The van der Waals surface area contributed by atoms with Gasteiger partial charge in [-0.1, -0.05) is 67.3 Å². The molecule has 0 atom stereocenters. The number of amides is 2. The number of aryl methyl sites for hydroxylation is 1. The highest BCUT2D eigenvalue weighted by atomic mass is 16.2. The topological polar surface area (TPSA) is 58.2 Å². The first-order valence-electron chi connectivity index (χ1n) is 9.57. The van der Waals surface area contributed by atoms with E-state index in [1.165, 1.54) is 6.42 Å². The predicted octanol–water partition coefficient (Wildman–Crippen LogP) is 4.21. The van der Waals surface area contributed by atoms with Crippen molar-refractivity contribution in [2.24, 2.45) is 0 Å². The molecule has 140 valence electrons. The third kappa shape index (κ3) is 5.55. The number of carbonyl (C=O) groups excluding carboxylic acids is 2. The molecule has 1 fully saturated rings. The molecule has 3 rings (SSSR count). The fourth-order valence-corrected chi connectivity index (χ4v) is 3.28. The van der Waals surface area contributed by atoms with Gasteiger partial charge in [-0.25, -0.2) is 0 Å². The van der Waals surface area contributed by atoms with E-state index in [1.54, 1.807) is 18.2 Å². The Morgan fingerprint density at radius 2 is 1.59 bits per heavy atom. The largest absolute Gasteiger partial charge is 0.348 e. The molecule has 0 aromatic heterocycles. The smallest absolute Gasteiger partial charge is 0.268 e. The van der Waals surface area contributed by atoms with Crippen LogP contribution in [0.5, 0.6) is 0 Å². The molecule has 4 heteroatoms. The van der Waals surface area contributed by atoms with E-state index in [0.29, 0.717) is 5.56 Å². The molecule has 4 nitrogen and oxygen atoms in total. The maximum absolute atomic E-state index is 12.8. The molecule has 1 saturated carbocycles. The lowest BCUT2D eigenvalue weighted by Gasteiger charge is -2.23. The Morgan fingerprint density at radius 3 is 2.26 bits per heavy atom. The Labute approximate surface area is 160 Å². The van der Waals surface area contributed by atoms with E-state index < -0.39 is 0 Å². The second kappa shape index (κ2) is 9.17. The molecule has 0 radical (unpaired) electrons. The van der Waals surface area contributed by atoms with Gasteiger partial charge in [-0.2, -0.15) is 0 Å². The van der Waals surface area contributed by atoms with Gasteiger partial charge in [0.1, 0.15) is 5.70 Å². The van der Waals surface area contributed by atoms with Crippen LogP contribution in [0.4, 0.5) is 0 Å². The van der Waals surface area contributed by atoms with Crippen LogP contribution in [-0.4, -0.2) is 17.9 Å². The molecule has 2 aromatic carbocycles. The number of benzene rings is 2. The van der Waals surface area contributed by atoms with Crippen LogP contribution in [0.25, 0.3) is 6.08 Å². The molecule has 1 aliphatic carbocycles. The van der Waals surface area contributed by atoms with Crippen molar-refractivity contribution >= 4 is 17.9 Å². The summed E-state index contributed by atoms with van der Waals surface area (Å²) >= 11 is 0. The van der Waals surface area contributed by atoms with Gasteiger partial charge in [-0.05, 0) is 43.5 Å². The predicted molar refractivity (Wildman–Crippen MR) is 108 cm³/mol. The van der Waals surface area contributed by atoms with E-state index in [9.17, 15) is 9.59 Å². The summed E-state index contributed by atoms with van der Waals surface area (Å²) in [4.78, 5) is 25.5. The fraction of sp³-hybridized carbons (Fsp3) is 0.304. The summed E-state index contributed by atoms with van der Waals surface area (Å²) in [6.45, 7) is 1.97. The number of carbonyl (C=O) groups is 2. The zero-order valence-electron chi connectivity index (χ0n) is 15.7. The van der Waals surface area contributed by atoms with Gasteiger partial charge in [0.25, 0.3) is 11.8 Å². The third-order valence-electron chi connectivity index (χ3n) is 4.86. The highest BCUT2D eigenvalue weighted by Crippen LogP contribution is 2.18. The SMILES string of the molecule is Cc1ccc(C(=O)N/C(=C\c2ccccc2)C(=O)NC2CCCCC2)cc1. The highest BCUT2D eigenvalue weighted by Gasteiger charge is 2.20. The van der Waals surface area contributed by atoms with Crippen LogP contribution in [0.2, 0.25) is 0 Å². The monoisotopic (exact) mass is 362 g/mol. The van der Waals surface area contributed by atoms with Gasteiger partial charge >= 0.3 is 0 Å². The van der Waals surface area contributed by atoms with Crippen LogP contribution in [0.15, 0.2) is 60.3 Å². The van der Waals surface area contributed by atoms with E-state index in [2.05, 4.69) is 10.6 Å². The Morgan fingerprint density at radius 1 is 0.926 bits per heavy atom.